The number of nitrogens with one attached hydrogen (secondary N) is 1. The Bertz CT molecular complexity index is 2040. The van der Waals surface area contributed by atoms with Crippen molar-refractivity contribution >= 4 is 41.2 Å². The molecule has 2 aliphatic heterocycles. The average Bonchev–Trinajstić information content (AvgIpc) is 4.18. The highest BCUT2D eigenvalue weighted by Gasteiger charge is 2.60. The largest absolute Gasteiger partial charge is 0.490 e. The normalized spacial score (nSPS) is 18.5. The van der Waals surface area contributed by atoms with E-state index in [-0.39, 0.29) is 45.9 Å². The van der Waals surface area contributed by atoms with E-state index in [2.05, 4.69) is 15.0 Å². The molecule has 0 spiro atoms. The van der Waals surface area contributed by atoms with E-state index < -0.39 is 65.8 Å². The zero-order valence-corrected chi connectivity index (χ0v) is 37.7. The van der Waals surface area contributed by atoms with Crippen LogP contribution in [0.3, 0.4) is 0 Å². The number of nitrogens with zero attached hydrogens (tertiary/aromatic N) is 3. The number of alkyl halides is 12. The first kappa shape index (κ1) is 56.4. The molecule has 2 aromatic rings. The monoisotopic (exact) mass is 1040 g/mol. The maximum atomic E-state index is 12.7. The Balaban J connectivity index is 0.000000260. The van der Waals surface area contributed by atoms with Crippen molar-refractivity contribution in [3.05, 3.63) is 56.6 Å². The van der Waals surface area contributed by atoms with Crippen molar-refractivity contribution in [3.8, 4) is 11.5 Å². The minimum Gasteiger partial charge on any atom is -0.490 e. The predicted octanol–water partition coefficient (Wildman–Crippen LogP) is 8.41. The van der Waals surface area contributed by atoms with Crippen molar-refractivity contribution in [3.63, 3.8) is 0 Å². The number of amides is 1. The van der Waals surface area contributed by atoms with Crippen molar-refractivity contribution in [2.75, 3.05) is 65.6 Å². The number of benzene rings is 2. The van der Waals surface area contributed by atoms with Gasteiger partial charge in [-0.15, -0.1) is 0 Å². The molecule has 384 valence electrons. The van der Waals surface area contributed by atoms with Gasteiger partial charge in [-0.25, -0.2) is 4.79 Å². The Morgan fingerprint density at radius 1 is 0.632 bits per heavy atom. The van der Waals surface area contributed by atoms with Crippen molar-refractivity contribution < 1.29 is 96.6 Å². The molecule has 1 amide bonds. The number of aliphatic carboxylic acids is 2. The molecular weight excluding hydrogens is 991 g/mol. The fourth-order valence-corrected chi connectivity index (χ4v) is 7.11. The fourth-order valence-electron chi connectivity index (χ4n) is 6.63. The van der Waals surface area contributed by atoms with Crippen LogP contribution in [0.25, 0.3) is 0 Å². The Hall–Kier alpha value is -4.17. The van der Waals surface area contributed by atoms with Gasteiger partial charge in [-0.1, -0.05) is 47.5 Å². The topological polar surface area (TPSA) is 161 Å². The van der Waals surface area contributed by atoms with Gasteiger partial charge in [0.25, 0.3) is 6.10 Å². The molecule has 0 atom stereocenters. The van der Waals surface area contributed by atoms with Gasteiger partial charge in [0.05, 0.1) is 10.0 Å². The zero-order valence-electron chi connectivity index (χ0n) is 36.2. The van der Waals surface area contributed by atoms with Crippen LogP contribution in [0.2, 0.25) is 10.0 Å². The van der Waals surface area contributed by atoms with Crippen LogP contribution in [-0.4, -0.2) is 151 Å². The molecule has 68 heavy (non-hydrogen) atoms. The van der Waals surface area contributed by atoms with Crippen LogP contribution in [0, 0.1) is 24.7 Å². The van der Waals surface area contributed by atoms with Crippen LogP contribution < -0.4 is 14.8 Å². The number of hydrogen-bond acceptors (Lipinski definition) is 10. The molecule has 4 aliphatic rings. The lowest BCUT2D eigenvalue weighted by Crippen LogP contribution is -2.52. The van der Waals surface area contributed by atoms with Gasteiger partial charge in [0.2, 0.25) is 6.10 Å². The summed E-state index contributed by atoms with van der Waals surface area (Å²) in [7, 11) is 0. The summed E-state index contributed by atoms with van der Waals surface area (Å²) in [5.41, 5.74) is 1.67. The highest BCUT2D eigenvalue weighted by Crippen LogP contribution is 2.48. The number of carbonyl (C=O) groups is 3. The summed E-state index contributed by atoms with van der Waals surface area (Å²) in [5, 5.41) is 30.4. The smallest absolute Gasteiger partial charge is 0.434 e. The highest BCUT2D eigenvalue weighted by molar-refractivity contribution is 6.33. The molecule has 0 unspecified atom stereocenters. The summed E-state index contributed by atoms with van der Waals surface area (Å²) in [4.78, 5) is 39.7. The second kappa shape index (κ2) is 22.3. The minimum atomic E-state index is -5.78. The summed E-state index contributed by atoms with van der Waals surface area (Å²) in [6, 6.07) is 7.53. The number of carboxylic acids is 2. The lowest BCUT2D eigenvalue weighted by atomic mass is 10.1. The Morgan fingerprint density at radius 3 is 1.31 bits per heavy atom. The van der Waals surface area contributed by atoms with E-state index in [1.807, 2.05) is 24.0 Å². The first-order valence-electron chi connectivity index (χ1n) is 20.7. The van der Waals surface area contributed by atoms with Gasteiger partial charge in [0, 0.05) is 76.6 Å². The number of carbonyl (C=O) groups excluding carboxylic acids is 1. The van der Waals surface area contributed by atoms with E-state index in [0.717, 1.165) is 48.8 Å². The number of rotatable bonds is 13. The van der Waals surface area contributed by atoms with E-state index in [1.165, 1.54) is 0 Å². The van der Waals surface area contributed by atoms with Crippen LogP contribution >= 0.6 is 23.2 Å². The van der Waals surface area contributed by atoms with Crippen LogP contribution in [-0.2, 0) is 27.4 Å². The molecule has 2 heterocycles. The lowest BCUT2D eigenvalue weighted by molar-refractivity contribution is -0.309. The number of aliphatic hydroxyl groups is 1. The van der Waals surface area contributed by atoms with Crippen LogP contribution in [0.5, 0.6) is 11.5 Å². The first-order chi connectivity index (χ1) is 31.3. The third-order valence-electron chi connectivity index (χ3n) is 11.4. The fraction of sp³-hybridized carbons (Fsp3) is 0.634. The SMILES string of the molecule is Cc1ccc(CN2CCN(C(=O)OC(C(F)(F)F)C(F)(F)F)CC2)c(OCC2(C(=O)O)CC2)c1Cl.Cc1ccc(CN2CCNCC2)c(OCC2(C(=O)O)CC2)c1Cl.OC(C(F)(F)F)C(F)(F)F. The van der Waals surface area contributed by atoms with E-state index >= 15 is 0 Å². The number of carboxylic acid groups (broad SMARTS) is 2. The molecule has 0 bridgehead atoms. The van der Waals surface area contributed by atoms with Crippen LogP contribution in [0.4, 0.5) is 57.5 Å². The maximum absolute atomic E-state index is 12.7. The number of aryl methyl sites for hydroxylation is 2. The van der Waals surface area contributed by atoms with Crippen molar-refractivity contribution in [2.45, 2.75) is 89.5 Å². The third kappa shape index (κ3) is 15.4. The quantitative estimate of drug-likeness (QED) is 0.142. The molecule has 6 rings (SSSR count). The van der Waals surface area contributed by atoms with Crippen molar-refractivity contribution in [2.24, 2.45) is 10.8 Å². The summed E-state index contributed by atoms with van der Waals surface area (Å²) < 4.78 is 157. The molecule has 2 aromatic carbocycles. The summed E-state index contributed by atoms with van der Waals surface area (Å²) in [5.74, 6) is -0.758. The Kier molecular flexibility index (Phi) is 18.5. The molecule has 0 radical (unpaired) electrons. The molecule has 27 heteroatoms. The first-order valence-corrected chi connectivity index (χ1v) is 21.4. The summed E-state index contributed by atoms with van der Waals surface area (Å²) in [6.45, 7) is 8.78. The third-order valence-corrected chi connectivity index (χ3v) is 12.3. The van der Waals surface area contributed by atoms with Gasteiger partial charge in [-0.3, -0.25) is 19.4 Å². The van der Waals surface area contributed by atoms with E-state index in [1.54, 1.807) is 19.1 Å². The number of halogens is 14. The molecule has 13 nitrogen and oxygen atoms in total. The number of ether oxygens (including phenoxy) is 3. The molecule has 4 N–H and O–H groups in total. The average molecular weight is 1040 g/mol. The summed E-state index contributed by atoms with van der Waals surface area (Å²) in [6.07, 6.45) is -30.6. The molecule has 4 fully saturated rings. The van der Waals surface area contributed by atoms with Gasteiger partial charge in [0.1, 0.15) is 35.5 Å². The molecule has 0 aromatic heterocycles. The summed E-state index contributed by atoms with van der Waals surface area (Å²) >= 11 is 12.8. The highest BCUT2D eigenvalue weighted by atomic mass is 35.5. The van der Waals surface area contributed by atoms with Crippen LogP contribution in [0.15, 0.2) is 24.3 Å². The van der Waals surface area contributed by atoms with Crippen LogP contribution in [0.1, 0.15) is 47.9 Å². The zero-order chi connectivity index (χ0) is 51.2. The van der Waals surface area contributed by atoms with Gasteiger partial charge in [0.15, 0.2) is 0 Å². The Labute approximate surface area is 391 Å². The minimum absolute atomic E-state index is 0.0578. The van der Waals surface area contributed by atoms with Gasteiger partial charge in [-0.2, -0.15) is 52.7 Å². The van der Waals surface area contributed by atoms with E-state index in [9.17, 15) is 77.3 Å². The van der Waals surface area contributed by atoms with E-state index in [4.69, 9.17) is 37.8 Å². The van der Waals surface area contributed by atoms with Crippen molar-refractivity contribution in [1.29, 1.82) is 0 Å². The lowest BCUT2D eigenvalue weighted by Gasteiger charge is -2.35. The predicted molar refractivity (Wildman–Crippen MR) is 217 cm³/mol. The molecule has 2 aliphatic carbocycles. The van der Waals surface area contributed by atoms with Crippen molar-refractivity contribution in [1.82, 2.24) is 20.0 Å². The second-order valence-electron chi connectivity index (χ2n) is 16.7. The standard InChI is InChI=1S/C21H23ClF6N2O5.C17H23ClN2O3.C3H2F6O/c1-12-2-3-13(15(14(12)22)34-11-19(4-5-19)17(31)32)10-29-6-8-30(9-7-29)18(33)35-16(20(23,24)25)21(26,27)28;1-12-2-3-13(10-20-8-6-19-7-9-20)15(14(12)18)23-11-17(4-5-17)16(21)22;4-2(5,6)1(10)3(7,8)9/h2-3,16H,4-11H2,1H3,(H,31,32);2-3,19H,4-11H2,1H3,(H,21,22);1,10H. The molecular formula is C41H48Cl2F12N4O9. The molecule has 2 saturated carbocycles. The van der Waals surface area contributed by atoms with E-state index in [0.29, 0.717) is 58.4 Å². The van der Waals surface area contributed by atoms with Gasteiger partial charge < -0.3 is 39.7 Å². The second-order valence-corrected chi connectivity index (χ2v) is 17.5. The molecule has 2 saturated heterocycles. The maximum Gasteiger partial charge on any atom is 0.434 e. The Morgan fingerprint density at radius 2 is 1.00 bits per heavy atom. The van der Waals surface area contributed by atoms with Gasteiger partial charge in [-0.05, 0) is 50.7 Å². The van der Waals surface area contributed by atoms with Gasteiger partial charge >= 0.3 is 42.7 Å². The number of piperazine rings is 2. The number of aliphatic hydroxyl groups excluding tert-OH is 1. The number of hydrogen-bond donors (Lipinski definition) is 4.